The average molecular weight is 313 g/mol. The highest BCUT2D eigenvalue weighted by Gasteiger charge is 2.28. The fourth-order valence-corrected chi connectivity index (χ4v) is 4.39. The van der Waals surface area contributed by atoms with E-state index in [2.05, 4.69) is 26.5 Å². The third-order valence-corrected chi connectivity index (χ3v) is 5.58. The fraction of sp³-hybridized carbons (Fsp3) is 0.600. The van der Waals surface area contributed by atoms with Crippen molar-refractivity contribution >= 4 is 30.1 Å². The van der Waals surface area contributed by atoms with Crippen LogP contribution in [0.2, 0.25) is 0 Å². The van der Waals surface area contributed by atoms with E-state index < -0.39 is 0 Å². The number of thiol groups is 1. The van der Waals surface area contributed by atoms with E-state index in [9.17, 15) is 10.1 Å². The molecule has 0 amide bonds. The lowest BCUT2D eigenvalue weighted by atomic mass is 9.83. The summed E-state index contributed by atoms with van der Waals surface area (Å²) in [7, 11) is 0. The molecule has 1 rings (SSSR count). The molecule has 5 heteroatoms. The highest BCUT2D eigenvalue weighted by molar-refractivity contribution is 7.99. The largest absolute Gasteiger partial charge is 0.282 e. The maximum Gasteiger partial charge on any atom is 0.282 e. The number of nitro groups is 1. The van der Waals surface area contributed by atoms with Crippen LogP contribution < -0.4 is 0 Å². The summed E-state index contributed by atoms with van der Waals surface area (Å²) in [5.74, 6) is 1.73. The summed E-state index contributed by atoms with van der Waals surface area (Å²) < 4.78 is 0. The van der Waals surface area contributed by atoms with Gasteiger partial charge in [0.2, 0.25) is 0 Å². The quantitative estimate of drug-likeness (QED) is 0.295. The van der Waals surface area contributed by atoms with E-state index in [-0.39, 0.29) is 16.0 Å². The number of nitro benzene ring substituents is 1. The van der Waals surface area contributed by atoms with Crippen molar-refractivity contribution < 1.29 is 4.92 Å². The van der Waals surface area contributed by atoms with Gasteiger partial charge in [-0.15, -0.1) is 11.8 Å². The Balaban J connectivity index is 2.84. The van der Waals surface area contributed by atoms with Gasteiger partial charge < -0.3 is 0 Å². The smallest absolute Gasteiger partial charge is 0.258 e. The second-order valence-corrected chi connectivity index (χ2v) is 6.51. The molecule has 0 aliphatic heterocycles. The van der Waals surface area contributed by atoms with E-state index in [1.807, 2.05) is 12.1 Å². The lowest BCUT2D eigenvalue weighted by molar-refractivity contribution is -0.387. The molecule has 0 bridgehead atoms. The van der Waals surface area contributed by atoms with Gasteiger partial charge in [0.1, 0.15) is 0 Å². The van der Waals surface area contributed by atoms with Crippen LogP contribution in [0.3, 0.4) is 0 Å². The highest BCUT2D eigenvalue weighted by Crippen LogP contribution is 2.39. The zero-order valence-electron chi connectivity index (χ0n) is 12.2. The van der Waals surface area contributed by atoms with Crippen molar-refractivity contribution in [3.8, 4) is 0 Å². The molecule has 112 valence electrons. The summed E-state index contributed by atoms with van der Waals surface area (Å²) in [5, 5.41) is 11.0. The highest BCUT2D eigenvalue weighted by atomic mass is 32.2. The minimum absolute atomic E-state index is 0.182. The lowest BCUT2D eigenvalue weighted by Gasteiger charge is -2.31. The van der Waals surface area contributed by atoms with Crippen molar-refractivity contribution in [3.63, 3.8) is 0 Å². The summed E-state index contributed by atoms with van der Waals surface area (Å²) in [6, 6.07) is 6.98. The van der Waals surface area contributed by atoms with Gasteiger partial charge in [-0.25, -0.2) is 0 Å². The van der Waals surface area contributed by atoms with Gasteiger partial charge in [0.15, 0.2) is 0 Å². The van der Waals surface area contributed by atoms with Gasteiger partial charge in [0, 0.05) is 11.8 Å². The second kappa shape index (κ2) is 8.57. The number of benzene rings is 1. The maximum atomic E-state index is 11.0. The Morgan fingerprint density at radius 1 is 1.25 bits per heavy atom. The van der Waals surface area contributed by atoms with Crippen molar-refractivity contribution in [1.29, 1.82) is 0 Å². The SMILES string of the molecule is CCCC(CS)(CCC)CSc1ccccc1[N+](=O)[O-]. The first-order valence-electron chi connectivity index (χ1n) is 7.05. The molecule has 0 aromatic heterocycles. The third kappa shape index (κ3) is 4.70. The van der Waals surface area contributed by atoms with Gasteiger partial charge in [0.25, 0.3) is 5.69 Å². The second-order valence-electron chi connectivity index (χ2n) is 5.17. The van der Waals surface area contributed by atoms with Crippen LogP contribution >= 0.6 is 24.4 Å². The van der Waals surface area contributed by atoms with Crippen molar-refractivity contribution in [2.45, 2.75) is 44.4 Å². The van der Waals surface area contributed by atoms with Crippen LogP contribution in [0.5, 0.6) is 0 Å². The van der Waals surface area contributed by atoms with Gasteiger partial charge in [-0.05, 0) is 30.1 Å². The van der Waals surface area contributed by atoms with Gasteiger partial charge in [-0.1, -0.05) is 38.8 Å². The molecule has 0 unspecified atom stereocenters. The first kappa shape index (κ1) is 17.4. The first-order valence-corrected chi connectivity index (χ1v) is 8.67. The van der Waals surface area contributed by atoms with E-state index in [0.29, 0.717) is 0 Å². The monoisotopic (exact) mass is 313 g/mol. The van der Waals surface area contributed by atoms with E-state index in [0.717, 1.165) is 42.1 Å². The Bertz CT molecular complexity index is 432. The number of para-hydroxylation sites is 1. The van der Waals surface area contributed by atoms with Crippen LogP contribution in [0, 0.1) is 15.5 Å². The molecule has 0 atom stereocenters. The number of thioether (sulfide) groups is 1. The van der Waals surface area contributed by atoms with Gasteiger partial charge in [-0.2, -0.15) is 12.6 Å². The molecule has 0 saturated carbocycles. The number of hydrogen-bond donors (Lipinski definition) is 1. The average Bonchev–Trinajstić information content (AvgIpc) is 2.45. The topological polar surface area (TPSA) is 43.1 Å². The molecule has 0 radical (unpaired) electrons. The Morgan fingerprint density at radius 2 is 1.85 bits per heavy atom. The molecule has 0 aliphatic rings. The van der Waals surface area contributed by atoms with E-state index >= 15 is 0 Å². The first-order chi connectivity index (χ1) is 9.58. The Labute approximate surface area is 131 Å². The van der Waals surface area contributed by atoms with Crippen LogP contribution in [0.4, 0.5) is 5.69 Å². The molecule has 0 saturated heterocycles. The van der Waals surface area contributed by atoms with Crippen LogP contribution in [-0.2, 0) is 0 Å². The molecule has 3 nitrogen and oxygen atoms in total. The lowest BCUT2D eigenvalue weighted by Crippen LogP contribution is -2.26. The van der Waals surface area contributed by atoms with Gasteiger partial charge >= 0.3 is 0 Å². The van der Waals surface area contributed by atoms with Crippen LogP contribution in [-0.4, -0.2) is 16.4 Å². The molecule has 1 aromatic rings. The summed E-state index contributed by atoms with van der Waals surface area (Å²) in [6.07, 6.45) is 4.49. The summed E-state index contributed by atoms with van der Waals surface area (Å²) in [5.41, 5.74) is 0.389. The van der Waals surface area contributed by atoms with Crippen molar-refractivity contribution in [2.75, 3.05) is 11.5 Å². The normalized spacial score (nSPS) is 11.6. The predicted octanol–water partition coefficient (Wildman–Crippen LogP) is 5.20. The van der Waals surface area contributed by atoms with Crippen molar-refractivity contribution in [2.24, 2.45) is 5.41 Å². The van der Waals surface area contributed by atoms with Gasteiger partial charge in [0.05, 0.1) is 9.82 Å². The summed E-state index contributed by atoms with van der Waals surface area (Å²) in [6.45, 7) is 4.37. The molecule has 0 fully saturated rings. The molecular formula is C15H23NO2S2. The molecule has 0 spiro atoms. The fourth-order valence-electron chi connectivity index (χ4n) is 2.49. The molecule has 20 heavy (non-hydrogen) atoms. The minimum Gasteiger partial charge on any atom is -0.258 e. The zero-order valence-corrected chi connectivity index (χ0v) is 13.9. The van der Waals surface area contributed by atoms with Gasteiger partial charge in [-0.3, -0.25) is 10.1 Å². The van der Waals surface area contributed by atoms with Crippen LogP contribution in [0.15, 0.2) is 29.2 Å². The number of nitrogens with zero attached hydrogens (tertiary/aromatic N) is 1. The molecule has 0 N–H and O–H groups in total. The Kier molecular flexibility index (Phi) is 7.45. The van der Waals surface area contributed by atoms with Crippen LogP contribution in [0.1, 0.15) is 39.5 Å². The van der Waals surface area contributed by atoms with Crippen molar-refractivity contribution in [3.05, 3.63) is 34.4 Å². The standard InChI is InChI=1S/C15H23NO2S2/c1-3-9-15(11-19,10-4-2)12-20-14-8-6-5-7-13(14)16(17)18/h5-8,19H,3-4,9-12H2,1-2H3. The number of rotatable bonds is 9. The maximum absolute atomic E-state index is 11.0. The molecular weight excluding hydrogens is 290 g/mol. The Hall–Kier alpha value is -0.680. The van der Waals surface area contributed by atoms with E-state index in [1.165, 1.54) is 0 Å². The zero-order chi connectivity index (χ0) is 15.0. The van der Waals surface area contributed by atoms with E-state index in [1.54, 1.807) is 23.9 Å². The van der Waals surface area contributed by atoms with E-state index in [4.69, 9.17) is 0 Å². The summed E-state index contributed by atoms with van der Waals surface area (Å²) in [4.78, 5) is 11.5. The molecule has 0 aliphatic carbocycles. The molecule has 0 heterocycles. The Morgan fingerprint density at radius 3 is 2.35 bits per heavy atom. The third-order valence-electron chi connectivity index (χ3n) is 3.49. The minimum atomic E-state index is -0.301. The summed E-state index contributed by atoms with van der Waals surface area (Å²) >= 11 is 6.13. The van der Waals surface area contributed by atoms with Crippen LogP contribution in [0.25, 0.3) is 0 Å². The van der Waals surface area contributed by atoms with Crippen molar-refractivity contribution in [1.82, 2.24) is 0 Å². The molecule has 1 aromatic carbocycles. The predicted molar refractivity (Wildman–Crippen MR) is 89.9 cm³/mol. The number of hydrogen-bond acceptors (Lipinski definition) is 4.